The summed E-state index contributed by atoms with van der Waals surface area (Å²) in [5, 5.41) is 12.1. The first-order valence-electron chi connectivity index (χ1n) is 5.74. The molecule has 2 unspecified atom stereocenters. The van der Waals surface area contributed by atoms with Crippen LogP contribution in [0.2, 0.25) is 0 Å². The molecular formula is C12H14BrNO4S. The Hall–Kier alpha value is -0.920. The number of carbonyl (C=O) groups is 1. The van der Waals surface area contributed by atoms with E-state index in [0.29, 0.717) is 17.4 Å². The molecule has 1 aromatic carbocycles. The van der Waals surface area contributed by atoms with Crippen molar-refractivity contribution in [2.24, 2.45) is 5.92 Å². The molecule has 0 bridgehead atoms. The Bertz CT molecular complexity index is 614. The monoisotopic (exact) mass is 347 g/mol. The van der Waals surface area contributed by atoms with Crippen molar-refractivity contribution < 1.29 is 18.3 Å². The van der Waals surface area contributed by atoms with Crippen molar-refractivity contribution in [1.82, 2.24) is 5.32 Å². The average Bonchev–Trinajstić information content (AvgIpc) is 2.76. The quantitative estimate of drug-likeness (QED) is 0.867. The van der Waals surface area contributed by atoms with E-state index in [-0.39, 0.29) is 10.9 Å². The van der Waals surface area contributed by atoms with Crippen LogP contribution in [0.3, 0.4) is 0 Å². The molecule has 1 saturated heterocycles. The summed E-state index contributed by atoms with van der Waals surface area (Å²) >= 11 is 3.25. The Morgan fingerprint density at radius 1 is 1.47 bits per heavy atom. The highest BCUT2D eigenvalue weighted by Gasteiger charge is 2.30. The molecule has 1 aliphatic rings. The second kappa shape index (κ2) is 5.22. The summed E-state index contributed by atoms with van der Waals surface area (Å²) in [4.78, 5) is 11.1. The van der Waals surface area contributed by atoms with E-state index in [2.05, 4.69) is 21.2 Å². The summed E-state index contributed by atoms with van der Waals surface area (Å²) in [7, 11) is -3.26. The molecule has 1 aliphatic heterocycles. The van der Waals surface area contributed by atoms with E-state index in [1.165, 1.54) is 0 Å². The highest BCUT2D eigenvalue weighted by atomic mass is 79.9. The van der Waals surface area contributed by atoms with Gasteiger partial charge in [-0.15, -0.1) is 0 Å². The molecule has 0 saturated carbocycles. The lowest BCUT2D eigenvalue weighted by Crippen LogP contribution is -2.17. The topological polar surface area (TPSA) is 83.5 Å². The van der Waals surface area contributed by atoms with Gasteiger partial charge in [-0.05, 0) is 40.0 Å². The Morgan fingerprint density at radius 3 is 2.63 bits per heavy atom. The van der Waals surface area contributed by atoms with Crippen LogP contribution in [0, 0.1) is 5.92 Å². The van der Waals surface area contributed by atoms with Crippen LogP contribution in [-0.2, 0) is 14.6 Å². The number of aliphatic carboxylic acids is 1. The number of benzene rings is 1. The van der Waals surface area contributed by atoms with Crippen molar-refractivity contribution >= 4 is 31.7 Å². The number of carboxylic acids is 1. The highest BCUT2D eigenvalue weighted by Crippen LogP contribution is 2.31. The van der Waals surface area contributed by atoms with Gasteiger partial charge in [0.25, 0.3) is 0 Å². The van der Waals surface area contributed by atoms with Gasteiger partial charge < -0.3 is 10.4 Å². The van der Waals surface area contributed by atoms with Crippen LogP contribution >= 0.6 is 15.9 Å². The van der Waals surface area contributed by atoms with Crippen LogP contribution in [-0.4, -0.2) is 32.3 Å². The second-order valence-corrected chi connectivity index (χ2v) is 7.53. The first-order valence-corrected chi connectivity index (χ1v) is 8.43. The summed E-state index contributed by atoms with van der Waals surface area (Å²) in [5.41, 5.74) is 0.892. The van der Waals surface area contributed by atoms with Gasteiger partial charge in [-0.25, -0.2) is 8.42 Å². The normalized spacial score (nSPS) is 23.5. The molecule has 2 rings (SSSR count). The summed E-state index contributed by atoms with van der Waals surface area (Å²) < 4.78 is 23.5. The van der Waals surface area contributed by atoms with E-state index in [1.54, 1.807) is 18.2 Å². The minimum absolute atomic E-state index is 0.0500. The minimum Gasteiger partial charge on any atom is -0.481 e. The number of sulfone groups is 1. The number of nitrogens with one attached hydrogen (secondary N) is 1. The fourth-order valence-corrected chi connectivity index (χ4v) is 4.22. The molecule has 1 aromatic rings. The molecule has 5 nitrogen and oxygen atoms in total. The summed E-state index contributed by atoms with van der Waals surface area (Å²) in [6.45, 7) is 0.436. The van der Waals surface area contributed by atoms with Crippen molar-refractivity contribution in [2.45, 2.75) is 17.4 Å². The Labute approximate surface area is 120 Å². The molecule has 19 heavy (non-hydrogen) atoms. The van der Waals surface area contributed by atoms with Crippen LogP contribution in [0.5, 0.6) is 0 Å². The lowest BCUT2D eigenvalue weighted by Gasteiger charge is -2.12. The van der Waals surface area contributed by atoms with Gasteiger partial charge in [0.2, 0.25) is 0 Å². The number of carboxylic acid groups (broad SMARTS) is 1. The van der Waals surface area contributed by atoms with Crippen molar-refractivity contribution in [2.75, 3.05) is 12.8 Å². The molecule has 0 amide bonds. The van der Waals surface area contributed by atoms with Gasteiger partial charge in [-0.1, -0.05) is 6.07 Å². The van der Waals surface area contributed by atoms with E-state index < -0.39 is 21.7 Å². The zero-order valence-corrected chi connectivity index (χ0v) is 12.7. The minimum atomic E-state index is -3.26. The maximum atomic E-state index is 11.5. The molecule has 2 N–H and O–H groups in total. The predicted molar refractivity (Wildman–Crippen MR) is 73.7 cm³/mol. The molecule has 104 valence electrons. The fourth-order valence-electron chi connectivity index (χ4n) is 2.21. The lowest BCUT2D eigenvalue weighted by molar-refractivity contribution is -0.141. The molecule has 0 radical (unpaired) electrons. The van der Waals surface area contributed by atoms with E-state index in [4.69, 9.17) is 5.11 Å². The number of rotatable bonds is 3. The maximum Gasteiger partial charge on any atom is 0.307 e. The van der Waals surface area contributed by atoms with E-state index in [9.17, 15) is 13.2 Å². The van der Waals surface area contributed by atoms with Crippen LogP contribution in [0.25, 0.3) is 0 Å². The van der Waals surface area contributed by atoms with Crippen LogP contribution in [0.4, 0.5) is 0 Å². The zero-order valence-electron chi connectivity index (χ0n) is 10.3. The molecule has 1 fully saturated rings. The summed E-state index contributed by atoms with van der Waals surface area (Å²) in [6, 6.07) is 4.96. The van der Waals surface area contributed by atoms with E-state index >= 15 is 0 Å². The zero-order chi connectivity index (χ0) is 14.2. The third kappa shape index (κ3) is 3.16. The van der Waals surface area contributed by atoms with E-state index in [1.807, 2.05) is 0 Å². The van der Waals surface area contributed by atoms with Crippen LogP contribution in [0.15, 0.2) is 27.6 Å². The van der Waals surface area contributed by atoms with Gasteiger partial charge in [0.15, 0.2) is 9.84 Å². The second-order valence-electron chi connectivity index (χ2n) is 4.69. The van der Waals surface area contributed by atoms with Crippen molar-refractivity contribution in [3.63, 3.8) is 0 Å². The van der Waals surface area contributed by atoms with Crippen LogP contribution < -0.4 is 5.32 Å². The number of halogens is 1. The van der Waals surface area contributed by atoms with Crippen LogP contribution in [0.1, 0.15) is 18.0 Å². The average molecular weight is 348 g/mol. The molecule has 1 heterocycles. The standard InChI is InChI=1S/C12H14BrNO4S/c1-19(17,18)11-3-2-7(4-9(11)13)10-5-8(6-14-10)12(15)16/h2-4,8,10,14H,5-6H2,1H3,(H,15,16). The summed E-state index contributed by atoms with van der Waals surface area (Å²) in [5.74, 6) is -1.19. The predicted octanol–water partition coefficient (Wildman–Crippen LogP) is 1.59. The first kappa shape index (κ1) is 14.5. The Kier molecular flexibility index (Phi) is 3.98. The van der Waals surface area contributed by atoms with Gasteiger partial charge in [0.05, 0.1) is 10.8 Å². The van der Waals surface area contributed by atoms with Gasteiger partial charge in [0, 0.05) is 23.3 Å². The lowest BCUT2D eigenvalue weighted by atomic mass is 10.0. The Balaban J connectivity index is 2.25. The fraction of sp³-hybridized carbons (Fsp3) is 0.417. The third-order valence-corrected chi connectivity index (χ3v) is 5.31. The highest BCUT2D eigenvalue weighted by molar-refractivity contribution is 9.10. The molecule has 7 heteroatoms. The maximum absolute atomic E-state index is 11.5. The number of hydrogen-bond acceptors (Lipinski definition) is 4. The van der Waals surface area contributed by atoms with Gasteiger partial charge >= 0.3 is 5.97 Å². The van der Waals surface area contributed by atoms with Gasteiger partial charge in [-0.2, -0.15) is 0 Å². The van der Waals surface area contributed by atoms with Crippen molar-refractivity contribution in [3.8, 4) is 0 Å². The largest absolute Gasteiger partial charge is 0.481 e. The first-order chi connectivity index (χ1) is 8.79. The number of hydrogen-bond donors (Lipinski definition) is 2. The van der Waals surface area contributed by atoms with Gasteiger partial charge in [-0.3, -0.25) is 4.79 Å². The smallest absolute Gasteiger partial charge is 0.307 e. The van der Waals surface area contributed by atoms with Gasteiger partial charge in [0.1, 0.15) is 0 Å². The molecule has 0 spiro atoms. The third-order valence-electron chi connectivity index (χ3n) is 3.24. The molecule has 0 aliphatic carbocycles. The SMILES string of the molecule is CS(=O)(=O)c1ccc(C2CC(C(=O)O)CN2)cc1Br. The van der Waals surface area contributed by atoms with Crippen molar-refractivity contribution in [1.29, 1.82) is 0 Å². The molecule has 2 atom stereocenters. The molecule has 0 aromatic heterocycles. The Morgan fingerprint density at radius 2 is 2.16 bits per heavy atom. The summed E-state index contributed by atoms with van der Waals surface area (Å²) in [6.07, 6.45) is 1.67. The van der Waals surface area contributed by atoms with E-state index in [0.717, 1.165) is 11.8 Å². The van der Waals surface area contributed by atoms with Crippen molar-refractivity contribution in [3.05, 3.63) is 28.2 Å². The molecular weight excluding hydrogens is 334 g/mol.